The molecule has 1 aromatic carbocycles. The number of aryl methyl sites for hydroxylation is 2. The van der Waals surface area contributed by atoms with Crippen LogP contribution >= 0.6 is 0 Å². The lowest BCUT2D eigenvalue weighted by Crippen LogP contribution is -2.25. The van der Waals surface area contributed by atoms with E-state index in [-0.39, 0.29) is 5.91 Å². The predicted octanol–water partition coefficient (Wildman–Crippen LogP) is 1.08. The van der Waals surface area contributed by atoms with E-state index in [4.69, 9.17) is 0 Å². The first kappa shape index (κ1) is 10.7. The molecule has 0 radical (unpaired) electrons. The van der Waals surface area contributed by atoms with E-state index in [1.165, 1.54) is 7.05 Å². The van der Waals surface area contributed by atoms with Crippen LogP contribution in [0.1, 0.15) is 22.8 Å². The van der Waals surface area contributed by atoms with E-state index >= 15 is 0 Å². The van der Waals surface area contributed by atoms with Crippen LogP contribution in [0.15, 0.2) is 18.2 Å². The fourth-order valence-corrected chi connectivity index (χ4v) is 1.22. The standard InChI is InChI=1S/C11H15NO2/c1-7-4-5-9(6-8(7)2)10(13)11(14)12-3/h4-6,10,13H,1-3H3,(H,12,14). The molecule has 0 aromatic heterocycles. The van der Waals surface area contributed by atoms with E-state index in [2.05, 4.69) is 5.32 Å². The Morgan fingerprint density at radius 3 is 2.50 bits per heavy atom. The number of rotatable bonds is 2. The molecule has 76 valence electrons. The number of carbonyl (C=O) groups excluding carboxylic acids is 1. The van der Waals surface area contributed by atoms with Crippen LogP contribution in [-0.4, -0.2) is 18.1 Å². The van der Waals surface area contributed by atoms with E-state index in [1.807, 2.05) is 26.0 Å². The Kier molecular flexibility index (Phi) is 3.25. The number of aliphatic hydroxyl groups is 1. The van der Waals surface area contributed by atoms with Crippen molar-refractivity contribution in [3.63, 3.8) is 0 Å². The maximum Gasteiger partial charge on any atom is 0.253 e. The summed E-state index contributed by atoms with van der Waals surface area (Å²) >= 11 is 0. The highest BCUT2D eigenvalue weighted by Gasteiger charge is 2.15. The van der Waals surface area contributed by atoms with Crippen LogP contribution in [-0.2, 0) is 4.79 Å². The first-order valence-electron chi connectivity index (χ1n) is 4.53. The van der Waals surface area contributed by atoms with Gasteiger partial charge in [-0.2, -0.15) is 0 Å². The van der Waals surface area contributed by atoms with Crippen molar-refractivity contribution < 1.29 is 9.90 Å². The Labute approximate surface area is 83.8 Å². The molecule has 2 N–H and O–H groups in total. The highest BCUT2D eigenvalue weighted by atomic mass is 16.3. The van der Waals surface area contributed by atoms with Crippen LogP contribution in [0.5, 0.6) is 0 Å². The molecule has 1 atom stereocenters. The van der Waals surface area contributed by atoms with Gasteiger partial charge < -0.3 is 10.4 Å². The first-order chi connectivity index (χ1) is 6.56. The second-order valence-electron chi connectivity index (χ2n) is 3.36. The molecule has 0 fully saturated rings. The molecular formula is C11H15NO2. The molecule has 1 amide bonds. The van der Waals surface area contributed by atoms with Gasteiger partial charge in [0.25, 0.3) is 5.91 Å². The highest BCUT2D eigenvalue weighted by molar-refractivity contribution is 5.81. The lowest BCUT2D eigenvalue weighted by Gasteiger charge is -2.10. The summed E-state index contributed by atoms with van der Waals surface area (Å²) in [4.78, 5) is 11.1. The molecule has 0 aliphatic heterocycles. The Hall–Kier alpha value is -1.35. The fraction of sp³-hybridized carbons (Fsp3) is 0.364. The molecule has 1 aromatic rings. The Bertz CT molecular complexity index is 347. The zero-order chi connectivity index (χ0) is 10.7. The third-order valence-electron chi connectivity index (χ3n) is 2.34. The SMILES string of the molecule is CNC(=O)C(O)c1ccc(C)c(C)c1. The molecule has 14 heavy (non-hydrogen) atoms. The zero-order valence-corrected chi connectivity index (χ0v) is 8.66. The fourth-order valence-electron chi connectivity index (χ4n) is 1.22. The molecule has 0 saturated heterocycles. The summed E-state index contributed by atoms with van der Waals surface area (Å²) in [6, 6.07) is 5.49. The second-order valence-corrected chi connectivity index (χ2v) is 3.36. The van der Waals surface area contributed by atoms with Crippen molar-refractivity contribution in [2.45, 2.75) is 20.0 Å². The van der Waals surface area contributed by atoms with Gasteiger partial charge in [0.05, 0.1) is 0 Å². The topological polar surface area (TPSA) is 49.3 Å². The van der Waals surface area contributed by atoms with Crippen molar-refractivity contribution in [3.8, 4) is 0 Å². The number of hydrogen-bond donors (Lipinski definition) is 2. The van der Waals surface area contributed by atoms with Crippen molar-refractivity contribution in [1.29, 1.82) is 0 Å². The normalized spacial score (nSPS) is 12.3. The number of benzene rings is 1. The molecule has 0 aliphatic rings. The molecule has 3 heteroatoms. The summed E-state index contributed by atoms with van der Waals surface area (Å²) in [5.41, 5.74) is 2.86. The minimum atomic E-state index is -1.07. The third-order valence-corrected chi connectivity index (χ3v) is 2.34. The van der Waals surface area contributed by atoms with E-state index in [9.17, 15) is 9.90 Å². The number of likely N-dealkylation sites (N-methyl/N-ethyl adjacent to an activating group) is 1. The van der Waals surface area contributed by atoms with Gasteiger partial charge in [0.1, 0.15) is 0 Å². The number of aliphatic hydroxyl groups excluding tert-OH is 1. The minimum Gasteiger partial charge on any atom is -0.378 e. The van der Waals surface area contributed by atoms with Gasteiger partial charge in [-0.1, -0.05) is 18.2 Å². The van der Waals surface area contributed by atoms with Crippen LogP contribution in [0.2, 0.25) is 0 Å². The Morgan fingerprint density at radius 2 is 2.00 bits per heavy atom. The quantitative estimate of drug-likeness (QED) is 0.738. The van der Waals surface area contributed by atoms with Gasteiger partial charge >= 0.3 is 0 Å². The van der Waals surface area contributed by atoms with Gasteiger partial charge in [0, 0.05) is 7.05 Å². The van der Waals surface area contributed by atoms with Gasteiger partial charge in [-0.25, -0.2) is 0 Å². The summed E-state index contributed by atoms with van der Waals surface area (Å²) < 4.78 is 0. The summed E-state index contributed by atoms with van der Waals surface area (Å²) in [7, 11) is 1.51. The van der Waals surface area contributed by atoms with E-state index in [0.29, 0.717) is 5.56 Å². The average molecular weight is 193 g/mol. The third kappa shape index (κ3) is 2.12. The monoisotopic (exact) mass is 193 g/mol. The molecule has 1 rings (SSSR count). The maximum absolute atomic E-state index is 11.1. The van der Waals surface area contributed by atoms with Gasteiger partial charge in [-0.15, -0.1) is 0 Å². The lowest BCUT2D eigenvalue weighted by molar-refractivity contribution is -0.129. The number of nitrogens with one attached hydrogen (secondary N) is 1. The van der Waals surface area contributed by atoms with E-state index in [1.54, 1.807) is 6.07 Å². The van der Waals surface area contributed by atoms with Crippen molar-refractivity contribution >= 4 is 5.91 Å². The Balaban J connectivity index is 2.96. The van der Waals surface area contributed by atoms with Crippen molar-refractivity contribution in [2.24, 2.45) is 0 Å². The predicted molar refractivity (Wildman–Crippen MR) is 54.9 cm³/mol. The second kappa shape index (κ2) is 4.24. The van der Waals surface area contributed by atoms with Crippen molar-refractivity contribution in [2.75, 3.05) is 7.05 Å². The largest absolute Gasteiger partial charge is 0.378 e. The molecule has 1 unspecified atom stereocenters. The summed E-state index contributed by atoms with van der Waals surface area (Å²) in [6.45, 7) is 3.95. The Morgan fingerprint density at radius 1 is 1.36 bits per heavy atom. The number of hydrogen-bond acceptors (Lipinski definition) is 2. The van der Waals surface area contributed by atoms with Gasteiger partial charge in [-0.3, -0.25) is 4.79 Å². The van der Waals surface area contributed by atoms with Crippen LogP contribution in [0.4, 0.5) is 0 Å². The molecule has 0 bridgehead atoms. The molecular weight excluding hydrogens is 178 g/mol. The first-order valence-corrected chi connectivity index (χ1v) is 4.53. The molecule has 0 saturated carbocycles. The molecule has 3 nitrogen and oxygen atoms in total. The summed E-state index contributed by atoms with van der Waals surface area (Å²) in [6.07, 6.45) is -1.07. The van der Waals surface area contributed by atoms with Crippen molar-refractivity contribution in [1.82, 2.24) is 5.32 Å². The van der Waals surface area contributed by atoms with E-state index in [0.717, 1.165) is 11.1 Å². The highest BCUT2D eigenvalue weighted by Crippen LogP contribution is 2.16. The molecule has 0 heterocycles. The summed E-state index contributed by atoms with van der Waals surface area (Å²) in [5.74, 6) is -0.381. The maximum atomic E-state index is 11.1. The van der Waals surface area contributed by atoms with Crippen LogP contribution in [0.3, 0.4) is 0 Å². The zero-order valence-electron chi connectivity index (χ0n) is 8.66. The van der Waals surface area contributed by atoms with Crippen molar-refractivity contribution in [3.05, 3.63) is 34.9 Å². The molecule has 0 spiro atoms. The average Bonchev–Trinajstić information content (AvgIpc) is 2.20. The molecule has 0 aliphatic carbocycles. The van der Waals surface area contributed by atoms with Crippen LogP contribution in [0.25, 0.3) is 0 Å². The van der Waals surface area contributed by atoms with E-state index < -0.39 is 6.10 Å². The smallest absolute Gasteiger partial charge is 0.253 e. The number of amides is 1. The number of carbonyl (C=O) groups is 1. The van der Waals surface area contributed by atoms with Gasteiger partial charge in [0.2, 0.25) is 0 Å². The minimum absolute atomic E-state index is 0.381. The van der Waals surface area contributed by atoms with Crippen LogP contribution < -0.4 is 5.32 Å². The summed E-state index contributed by atoms with van der Waals surface area (Å²) in [5, 5.41) is 12.0. The van der Waals surface area contributed by atoms with Gasteiger partial charge in [-0.05, 0) is 30.5 Å². The van der Waals surface area contributed by atoms with Gasteiger partial charge in [0.15, 0.2) is 6.10 Å². The van der Waals surface area contributed by atoms with Crippen LogP contribution in [0, 0.1) is 13.8 Å². The lowest BCUT2D eigenvalue weighted by atomic mass is 10.0.